The molecule has 2 aliphatic rings. The molecule has 1 amide bonds. The van der Waals surface area contributed by atoms with Crippen LogP contribution in [0.15, 0.2) is 42.1 Å². The molecule has 1 saturated heterocycles. The number of carbonyl (C=O) groups excluding carboxylic acids is 1. The number of nitrogens with two attached hydrogens (primary N) is 1. The molecule has 3 rings (SSSR count). The maximum absolute atomic E-state index is 11.5. The Bertz CT molecular complexity index is 754. The Labute approximate surface area is 149 Å². The van der Waals surface area contributed by atoms with E-state index < -0.39 is 29.5 Å². The van der Waals surface area contributed by atoms with Gasteiger partial charge in [-0.25, -0.2) is 0 Å². The number of hydrogen-bond donors (Lipinski definition) is 1. The first kappa shape index (κ1) is 17.9. The minimum atomic E-state index is -0.601. The highest BCUT2D eigenvalue weighted by molar-refractivity contribution is 6.50. The van der Waals surface area contributed by atoms with Crippen LogP contribution in [0, 0.1) is 6.92 Å². The number of amides is 1. The predicted octanol–water partition coefficient (Wildman–Crippen LogP) is 2.63. The first-order valence-corrected chi connectivity index (χ1v) is 8.55. The summed E-state index contributed by atoms with van der Waals surface area (Å²) in [6, 6.07) is 4.00. The SMILES string of the molecule is Cc1ccnc(C2(B3OC(C)(C)C(C)(C)O3)C=CC(C(N)=O)=CC2)c1. The van der Waals surface area contributed by atoms with Gasteiger partial charge in [0, 0.05) is 17.5 Å². The molecule has 2 heterocycles. The van der Waals surface area contributed by atoms with E-state index in [1.165, 1.54) is 0 Å². The van der Waals surface area contributed by atoms with Crippen molar-refractivity contribution in [3.05, 3.63) is 53.4 Å². The molecule has 1 unspecified atom stereocenters. The van der Waals surface area contributed by atoms with Crippen molar-refractivity contribution < 1.29 is 14.1 Å². The largest absolute Gasteiger partial charge is 0.475 e. The summed E-state index contributed by atoms with van der Waals surface area (Å²) < 4.78 is 12.7. The van der Waals surface area contributed by atoms with Crippen LogP contribution in [-0.2, 0) is 19.4 Å². The van der Waals surface area contributed by atoms with Crippen LogP contribution in [0.2, 0.25) is 0 Å². The Morgan fingerprint density at radius 3 is 2.36 bits per heavy atom. The number of aromatic nitrogens is 1. The maximum Gasteiger partial charge on any atom is 0.475 e. The number of primary amides is 1. The lowest BCUT2D eigenvalue weighted by molar-refractivity contribution is -0.114. The summed E-state index contributed by atoms with van der Waals surface area (Å²) in [6.45, 7) is 10.1. The molecular formula is C19H25BN2O3. The van der Waals surface area contributed by atoms with Gasteiger partial charge in [0.05, 0.1) is 16.5 Å². The Hall–Kier alpha value is -1.92. The minimum Gasteiger partial charge on any atom is -0.402 e. The van der Waals surface area contributed by atoms with E-state index in [2.05, 4.69) is 4.98 Å². The third-order valence-electron chi connectivity index (χ3n) is 5.57. The van der Waals surface area contributed by atoms with Crippen LogP contribution in [0.5, 0.6) is 0 Å². The number of carbonyl (C=O) groups is 1. The van der Waals surface area contributed by atoms with Gasteiger partial charge in [0.2, 0.25) is 5.91 Å². The molecule has 1 aliphatic carbocycles. The number of hydrogen-bond acceptors (Lipinski definition) is 4. The molecule has 1 aromatic rings. The molecular weight excluding hydrogens is 315 g/mol. The molecule has 0 saturated carbocycles. The Balaban J connectivity index is 2.07. The highest BCUT2D eigenvalue weighted by Crippen LogP contribution is 2.46. The van der Waals surface area contributed by atoms with Crippen LogP contribution < -0.4 is 5.73 Å². The molecule has 5 nitrogen and oxygen atoms in total. The lowest BCUT2D eigenvalue weighted by atomic mass is 9.52. The molecule has 0 radical (unpaired) electrons. The third kappa shape index (κ3) is 2.94. The number of allylic oxidation sites excluding steroid dienone is 2. The standard InChI is InChI=1S/C19H25BN2O3/c1-13-8-11-22-15(12-13)19(9-6-14(7-10-19)16(21)23)20-24-17(2,3)18(4,5)25-20/h6-9,11-12H,10H2,1-5H3,(H2,21,23). The second-order valence-corrected chi connectivity index (χ2v) is 7.91. The maximum atomic E-state index is 11.5. The topological polar surface area (TPSA) is 74.4 Å². The summed E-state index contributed by atoms with van der Waals surface area (Å²) in [6.07, 6.45) is 7.88. The smallest absolute Gasteiger partial charge is 0.402 e. The summed E-state index contributed by atoms with van der Waals surface area (Å²) in [7, 11) is -0.506. The molecule has 1 aliphatic heterocycles. The molecule has 6 heteroatoms. The average Bonchev–Trinajstić information content (AvgIpc) is 2.75. The second-order valence-electron chi connectivity index (χ2n) is 7.91. The highest BCUT2D eigenvalue weighted by atomic mass is 16.7. The van der Waals surface area contributed by atoms with Crippen LogP contribution >= 0.6 is 0 Å². The van der Waals surface area contributed by atoms with Gasteiger partial charge in [0.25, 0.3) is 0 Å². The van der Waals surface area contributed by atoms with Crippen molar-refractivity contribution in [2.24, 2.45) is 5.73 Å². The van der Waals surface area contributed by atoms with Gasteiger partial charge in [0.15, 0.2) is 0 Å². The molecule has 0 spiro atoms. The monoisotopic (exact) mass is 340 g/mol. The van der Waals surface area contributed by atoms with Crippen molar-refractivity contribution >= 4 is 13.0 Å². The molecule has 25 heavy (non-hydrogen) atoms. The highest BCUT2D eigenvalue weighted by Gasteiger charge is 2.60. The zero-order chi connectivity index (χ0) is 18.5. The van der Waals surface area contributed by atoms with Gasteiger partial charge in [0.1, 0.15) is 0 Å². The predicted molar refractivity (Wildman–Crippen MR) is 97.8 cm³/mol. The summed E-state index contributed by atoms with van der Waals surface area (Å²) in [5, 5.41) is -0.601. The summed E-state index contributed by atoms with van der Waals surface area (Å²) in [4.78, 5) is 16.1. The van der Waals surface area contributed by atoms with Crippen LogP contribution in [-0.4, -0.2) is 29.2 Å². The van der Waals surface area contributed by atoms with Crippen LogP contribution in [0.4, 0.5) is 0 Å². The van der Waals surface area contributed by atoms with E-state index in [-0.39, 0.29) is 0 Å². The van der Waals surface area contributed by atoms with Gasteiger partial charge in [-0.15, -0.1) is 0 Å². The molecule has 1 fully saturated rings. The van der Waals surface area contributed by atoms with Crippen LogP contribution in [0.1, 0.15) is 45.4 Å². The van der Waals surface area contributed by atoms with Gasteiger partial charge in [-0.3, -0.25) is 9.78 Å². The Kier molecular flexibility index (Phi) is 4.16. The molecule has 1 aromatic heterocycles. The second kappa shape index (κ2) is 5.82. The van der Waals surface area contributed by atoms with E-state index in [4.69, 9.17) is 15.0 Å². The zero-order valence-electron chi connectivity index (χ0n) is 15.5. The molecule has 0 bridgehead atoms. The number of aryl methyl sites for hydroxylation is 1. The van der Waals surface area contributed by atoms with Crippen molar-refractivity contribution in [3.63, 3.8) is 0 Å². The summed E-state index contributed by atoms with van der Waals surface area (Å²) >= 11 is 0. The van der Waals surface area contributed by atoms with Crippen molar-refractivity contribution in [1.82, 2.24) is 4.98 Å². The fourth-order valence-corrected chi connectivity index (χ4v) is 3.17. The fourth-order valence-electron chi connectivity index (χ4n) is 3.17. The zero-order valence-corrected chi connectivity index (χ0v) is 15.5. The average molecular weight is 340 g/mol. The lowest BCUT2D eigenvalue weighted by Gasteiger charge is -2.33. The van der Waals surface area contributed by atoms with Gasteiger partial charge < -0.3 is 15.0 Å². The van der Waals surface area contributed by atoms with Crippen molar-refractivity contribution in [1.29, 1.82) is 0 Å². The number of pyridine rings is 1. The first-order chi connectivity index (χ1) is 11.6. The number of rotatable bonds is 3. The van der Waals surface area contributed by atoms with E-state index in [9.17, 15) is 4.79 Å². The fraction of sp³-hybridized carbons (Fsp3) is 0.474. The van der Waals surface area contributed by atoms with E-state index in [1.54, 1.807) is 12.3 Å². The van der Waals surface area contributed by atoms with Crippen LogP contribution in [0.25, 0.3) is 0 Å². The molecule has 0 aromatic carbocycles. The summed E-state index contributed by atoms with van der Waals surface area (Å²) in [5.74, 6) is -0.434. The van der Waals surface area contributed by atoms with Gasteiger partial charge in [-0.05, 0) is 58.7 Å². The summed E-state index contributed by atoms with van der Waals surface area (Å²) in [5.41, 5.74) is 7.00. The Morgan fingerprint density at radius 1 is 1.24 bits per heavy atom. The minimum absolute atomic E-state index is 0.434. The van der Waals surface area contributed by atoms with E-state index >= 15 is 0 Å². The normalized spacial score (nSPS) is 27.2. The molecule has 132 valence electrons. The quantitative estimate of drug-likeness (QED) is 0.859. The Morgan fingerprint density at radius 2 is 1.88 bits per heavy atom. The van der Waals surface area contributed by atoms with Crippen molar-refractivity contribution in [2.45, 2.75) is 57.6 Å². The van der Waals surface area contributed by atoms with E-state index in [0.29, 0.717) is 12.0 Å². The van der Waals surface area contributed by atoms with Gasteiger partial charge in [-0.1, -0.05) is 18.2 Å². The number of nitrogens with zero attached hydrogens (tertiary/aromatic N) is 1. The first-order valence-electron chi connectivity index (χ1n) is 8.55. The third-order valence-corrected chi connectivity index (χ3v) is 5.57. The lowest BCUT2D eigenvalue weighted by Crippen LogP contribution is -2.46. The van der Waals surface area contributed by atoms with Gasteiger partial charge >= 0.3 is 7.12 Å². The van der Waals surface area contributed by atoms with E-state index in [0.717, 1.165) is 11.3 Å². The molecule has 1 atom stereocenters. The van der Waals surface area contributed by atoms with Crippen molar-refractivity contribution in [3.8, 4) is 0 Å². The van der Waals surface area contributed by atoms with E-state index in [1.807, 2.05) is 58.9 Å². The van der Waals surface area contributed by atoms with Crippen LogP contribution in [0.3, 0.4) is 0 Å². The molecule has 2 N–H and O–H groups in total. The van der Waals surface area contributed by atoms with Crippen molar-refractivity contribution in [2.75, 3.05) is 0 Å². The van der Waals surface area contributed by atoms with Gasteiger partial charge in [-0.2, -0.15) is 0 Å².